The second-order valence-electron chi connectivity index (χ2n) is 5.26. The Bertz CT molecular complexity index is 616. The fourth-order valence-electron chi connectivity index (χ4n) is 2.65. The molecule has 2 aromatic rings. The van der Waals surface area contributed by atoms with Crippen molar-refractivity contribution in [2.24, 2.45) is 0 Å². The van der Waals surface area contributed by atoms with E-state index in [1.54, 1.807) is 11.3 Å². The van der Waals surface area contributed by atoms with E-state index in [-0.39, 0.29) is 5.91 Å². The van der Waals surface area contributed by atoms with Gasteiger partial charge >= 0.3 is 0 Å². The van der Waals surface area contributed by atoms with Crippen LogP contribution < -0.4 is 0 Å². The number of hydrogen-bond donors (Lipinski definition) is 0. The Kier molecular flexibility index (Phi) is 4.51. The topological polar surface area (TPSA) is 20.3 Å². The van der Waals surface area contributed by atoms with Crippen molar-refractivity contribution in [3.05, 3.63) is 64.4 Å². The standard InChI is InChI=1S/C18H19NOS/c20-18(9-8-17-7-4-14-21-17)19-12-10-16(11-13-19)15-5-2-1-3-6-15/h1-7,10,14H,8-9,11-13H2. The molecule has 0 fully saturated rings. The zero-order valence-corrected chi connectivity index (χ0v) is 12.8. The second kappa shape index (κ2) is 6.72. The monoisotopic (exact) mass is 297 g/mol. The first-order valence-corrected chi connectivity index (χ1v) is 8.25. The zero-order chi connectivity index (χ0) is 14.5. The number of benzene rings is 1. The van der Waals surface area contributed by atoms with Gasteiger partial charge in [0, 0.05) is 24.4 Å². The van der Waals surface area contributed by atoms with Crippen molar-refractivity contribution in [3.63, 3.8) is 0 Å². The molecule has 0 unspecified atom stereocenters. The fourth-order valence-corrected chi connectivity index (χ4v) is 3.36. The van der Waals surface area contributed by atoms with Gasteiger partial charge in [0.1, 0.15) is 0 Å². The molecular formula is C18H19NOS. The highest BCUT2D eigenvalue weighted by molar-refractivity contribution is 7.09. The van der Waals surface area contributed by atoms with Crippen LogP contribution in [0.2, 0.25) is 0 Å². The summed E-state index contributed by atoms with van der Waals surface area (Å²) < 4.78 is 0. The lowest BCUT2D eigenvalue weighted by Crippen LogP contribution is -2.34. The molecule has 1 aliphatic rings. The van der Waals surface area contributed by atoms with Crippen LogP contribution in [0.25, 0.3) is 5.57 Å². The summed E-state index contributed by atoms with van der Waals surface area (Å²) in [5, 5.41) is 2.07. The molecule has 3 heteroatoms. The molecular weight excluding hydrogens is 278 g/mol. The maximum atomic E-state index is 12.2. The van der Waals surface area contributed by atoms with E-state index in [9.17, 15) is 4.79 Å². The predicted octanol–water partition coefficient (Wildman–Crippen LogP) is 4.00. The van der Waals surface area contributed by atoms with Crippen molar-refractivity contribution in [2.45, 2.75) is 19.3 Å². The Morgan fingerprint density at radius 2 is 2.00 bits per heavy atom. The van der Waals surface area contributed by atoms with Crippen molar-refractivity contribution in [1.82, 2.24) is 4.90 Å². The van der Waals surface area contributed by atoms with Gasteiger partial charge < -0.3 is 4.90 Å². The molecule has 1 aliphatic heterocycles. The lowest BCUT2D eigenvalue weighted by atomic mass is 9.99. The fraction of sp³-hybridized carbons (Fsp3) is 0.278. The Labute approximate surface area is 129 Å². The molecule has 0 N–H and O–H groups in total. The van der Waals surface area contributed by atoms with Gasteiger partial charge in [-0.1, -0.05) is 42.5 Å². The smallest absolute Gasteiger partial charge is 0.223 e. The third kappa shape index (κ3) is 3.61. The average molecular weight is 297 g/mol. The molecule has 2 nitrogen and oxygen atoms in total. The summed E-state index contributed by atoms with van der Waals surface area (Å²) in [6, 6.07) is 14.6. The summed E-state index contributed by atoms with van der Waals surface area (Å²) in [5.74, 6) is 0.270. The van der Waals surface area contributed by atoms with E-state index in [1.165, 1.54) is 16.0 Å². The Hall–Kier alpha value is -1.87. The normalized spacial score (nSPS) is 14.9. The van der Waals surface area contributed by atoms with Gasteiger partial charge in [-0.15, -0.1) is 11.3 Å². The number of thiophene rings is 1. The third-order valence-corrected chi connectivity index (χ3v) is 4.81. The summed E-state index contributed by atoms with van der Waals surface area (Å²) in [6.45, 7) is 1.58. The molecule has 108 valence electrons. The van der Waals surface area contributed by atoms with Gasteiger partial charge in [0.15, 0.2) is 0 Å². The minimum Gasteiger partial charge on any atom is -0.339 e. The summed E-state index contributed by atoms with van der Waals surface area (Å²) >= 11 is 1.73. The quantitative estimate of drug-likeness (QED) is 0.835. The largest absolute Gasteiger partial charge is 0.339 e. The maximum absolute atomic E-state index is 12.2. The average Bonchev–Trinajstić information content (AvgIpc) is 3.07. The minimum atomic E-state index is 0.270. The Balaban J connectivity index is 1.55. The molecule has 0 atom stereocenters. The predicted molar refractivity (Wildman–Crippen MR) is 88.3 cm³/mol. The summed E-state index contributed by atoms with van der Waals surface area (Å²) in [5.41, 5.74) is 2.64. The third-order valence-electron chi connectivity index (χ3n) is 3.87. The van der Waals surface area contributed by atoms with Crippen LogP contribution in [0, 0.1) is 0 Å². The van der Waals surface area contributed by atoms with Gasteiger partial charge in [-0.3, -0.25) is 4.79 Å². The number of nitrogens with zero attached hydrogens (tertiary/aromatic N) is 1. The van der Waals surface area contributed by atoms with E-state index in [0.29, 0.717) is 6.42 Å². The molecule has 0 saturated carbocycles. The van der Waals surface area contributed by atoms with E-state index in [0.717, 1.165) is 25.9 Å². The van der Waals surface area contributed by atoms with Crippen molar-refractivity contribution < 1.29 is 4.79 Å². The lowest BCUT2D eigenvalue weighted by molar-refractivity contribution is -0.130. The van der Waals surface area contributed by atoms with Gasteiger partial charge in [0.25, 0.3) is 0 Å². The van der Waals surface area contributed by atoms with Crippen molar-refractivity contribution >= 4 is 22.8 Å². The highest BCUT2D eigenvalue weighted by Gasteiger charge is 2.17. The highest BCUT2D eigenvalue weighted by Crippen LogP contribution is 2.22. The van der Waals surface area contributed by atoms with E-state index < -0.39 is 0 Å². The molecule has 0 saturated heterocycles. The van der Waals surface area contributed by atoms with Crippen LogP contribution in [0.3, 0.4) is 0 Å². The number of carbonyl (C=O) groups is 1. The Morgan fingerprint density at radius 3 is 2.67 bits per heavy atom. The van der Waals surface area contributed by atoms with E-state index in [4.69, 9.17) is 0 Å². The SMILES string of the molecule is O=C(CCc1cccs1)N1CC=C(c2ccccc2)CC1. The molecule has 21 heavy (non-hydrogen) atoms. The molecule has 1 aromatic heterocycles. The van der Waals surface area contributed by atoms with Gasteiger partial charge in [-0.25, -0.2) is 0 Å². The van der Waals surface area contributed by atoms with Crippen molar-refractivity contribution in [3.8, 4) is 0 Å². The summed E-state index contributed by atoms with van der Waals surface area (Å²) in [7, 11) is 0. The van der Waals surface area contributed by atoms with Gasteiger partial charge in [0.2, 0.25) is 5.91 Å². The van der Waals surface area contributed by atoms with Crippen LogP contribution in [0.5, 0.6) is 0 Å². The molecule has 1 aromatic carbocycles. The van der Waals surface area contributed by atoms with Gasteiger partial charge in [0.05, 0.1) is 0 Å². The summed E-state index contributed by atoms with van der Waals surface area (Å²) in [4.78, 5) is 15.5. The maximum Gasteiger partial charge on any atom is 0.223 e. The number of hydrogen-bond acceptors (Lipinski definition) is 2. The number of rotatable bonds is 4. The first-order valence-electron chi connectivity index (χ1n) is 7.37. The zero-order valence-electron chi connectivity index (χ0n) is 12.0. The first-order chi connectivity index (χ1) is 10.3. The van der Waals surface area contributed by atoms with Crippen LogP contribution in [0.4, 0.5) is 0 Å². The van der Waals surface area contributed by atoms with Crippen LogP contribution >= 0.6 is 11.3 Å². The van der Waals surface area contributed by atoms with Crippen LogP contribution in [0.15, 0.2) is 53.9 Å². The van der Waals surface area contributed by atoms with Crippen molar-refractivity contribution in [1.29, 1.82) is 0 Å². The molecule has 2 heterocycles. The molecule has 0 aliphatic carbocycles. The van der Waals surface area contributed by atoms with Crippen LogP contribution in [-0.2, 0) is 11.2 Å². The van der Waals surface area contributed by atoms with Gasteiger partial charge in [-0.05, 0) is 35.4 Å². The summed E-state index contributed by atoms with van der Waals surface area (Å²) in [6.07, 6.45) is 4.63. The van der Waals surface area contributed by atoms with Crippen molar-refractivity contribution in [2.75, 3.05) is 13.1 Å². The van der Waals surface area contributed by atoms with E-state index in [2.05, 4.69) is 41.8 Å². The molecule has 0 spiro atoms. The van der Waals surface area contributed by atoms with Gasteiger partial charge in [-0.2, -0.15) is 0 Å². The molecule has 3 rings (SSSR count). The number of carbonyl (C=O) groups excluding carboxylic acids is 1. The van der Waals surface area contributed by atoms with Crippen LogP contribution in [0.1, 0.15) is 23.3 Å². The highest BCUT2D eigenvalue weighted by atomic mass is 32.1. The second-order valence-corrected chi connectivity index (χ2v) is 6.30. The number of amides is 1. The molecule has 1 amide bonds. The molecule has 0 radical (unpaired) electrons. The minimum absolute atomic E-state index is 0.270. The van der Waals surface area contributed by atoms with E-state index >= 15 is 0 Å². The van der Waals surface area contributed by atoms with Crippen LogP contribution in [-0.4, -0.2) is 23.9 Å². The lowest BCUT2D eigenvalue weighted by Gasteiger charge is -2.26. The number of aryl methyl sites for hydroxylation is 1. The Morgan fingerprint density at radius 1 is 1.14 bits per heavy atom. The molecule has 0 bridgehead atoms. The van der Waals surface area contributed by atoms with E-state index in [1.807, 2.05) is 17.0 Å². The first kappa shape index (κ1) is 14.1.